The maximum Gasteiger partial charge on any atom is 0.224 e. The zero-order chi connectivity index (χ0) is 12.3. The number of hydrogen-bond donors (Lipinski definition) is 2. The molecule has 0 saturated carbocycles. The monoisotopic (exact) mass is 248 g/mol. The van der Waals surface area contributed by atoms with Crippen molar-refractivity contribution < 1.29 is 0 Å². The molecule has 17 heavy (non-hydrogen) atoms. The Morgan fingerprint density at radius 2 is 2.00 bits per heavy atom. The Balaban J connectivity index is 2.07. The molecule has 3 N–H and O–H groups in total. The fourth-order valence-corrected chi connectivity index (χ4v) is 1.54. The molecule has 0 saturated heterocycles. The Morgan fingerprint density at radius 1 is 1.29 bits per heavy atom. The molecule has 0 fully saturated rings. The van der Waals surface area contributed by atoms with E-state index in [-0.39, 0.29) is 5.28 Å². The van der Waals surface area contributed by atoms with Crippen molar-refractivity contribution in [2.75, 3.05) is 11.1 Å². The Morgan fingerprint density at radius 3 is 2.71 bits per heavy atom. The second-order valence-electron chi connectivity index (χ2n) is 3.78. The molecule has 2 rings (SSSR count). The van der Waals surface area contributed by atoms with Gasteiger partial charge in [0.05, 0.1) is 11.9 Å². The number of nitrogen functional groups attached to an aromatic ring is 1. The van der Waals surface area contributed by atoms with Crippen molar-refractivity contribution in [1.29, 1.82) is 0 Å². The van der Waals surface area contributed by atoms with Crippen LogP contribution in [0.2, 0.25) is 5.28 Å². The van der Waals surface area contributed by atoms with Crippen molar-refractivity contribution in [2.45, 2.75) is 13.5 Å². The van der Waals surface area contributed by atoms with Gasteiger partial charge in [-0.1, -0.05) is 29.8 Å². The molecule has 0 aliphatic heterocycles. The fraction of sp³-hybridized carbons (Fsp3) is 0.167. The first kappa shape index (κ1) is 11.7. The van der Waals surface area contributed by atoms with E-state index in [1.165, 1.54) is 11.8 Å². The van der Waals surface area contributed by atoms with E-state index in [4.69, 9.17) is 17.3 Å². The largest absolute Gasteiger partial charge is 0.394 e. The molecule has 0 aliphatic carbocycles. The topological polar surface area (TPSA) is 63.8 Å². The molecule has 4 nitrogen and oxygen atoms in total. The van der Waals surface area contributed by atoms with Crippen LogP contribution in [-0.2, 0) is 6.54 Å². The van der Waals surface area contributed by atoms with Gasteiger partial charge in [0, 0.05) is 6.54 Å². The maximum atomic E-state index is 5.73. The highest BCUT2D eigenvalue weighted by atomic mass is 35.5. The van der Waals surface area contributed by atoms with Gasteiger partial charge < -0.3 is 11.1 Å². The van der Waals surface area contributed by atoms with Crippen molar-refractivity contribution in [3.05, 3.63) is 46.9 Å². The van der Waals surface area contributed by atoms with E-state index in [2.05, 4.69) is 46.5 Å². The quantitative estimate of drug-likeness (QED) is 0.820. The number of nitrogens with two attached hydrogens (primary N) is 1. The van der Waals surface area contributed by atoms with Crippen molar-refractivity contribution in [1.82, 2.24) is 9.97 Å². The predicted molar refractivity (Wildman–Crippen MR) is 70.0 cm³/mol. The standard InChI is InChI=1S/C12H13ClN4/c1-8-2-4-9(5-3-8)6-15-11-10(14)7-16-12(13)17-11/h2-5,7H,6,14H2,1H3,(H,15,16,17). The van der Waals surface area contributed by atoms with E-state index < -0.39 is 0 Å². The first-order valence-electron chi connectivity index (χ1n) is 5.22. The first-order chi connectivity index (χ1) is 8.15. The van der Waals surface area contributed by atoms with Gasteiger partial charge in [-0.25, -0.2) is 4.98 Å². The number of nitrogens with zero attached hydrogens (tertiary/aromatic N) is 2. The van der Waals surface area contributed by atoms with E-state index in [0.717, 1.165) is 5.56 Å². The molecule has 1 heterocycles. The molecule has 0 radical (unpaired) electrons. The van der Waals surface area contributed by atoms with Crippen LogP contribution < -0.4 is 11.1 Å². The number of nitrogens with one attached hydrogen (secondary N) is 1. The highest BCUT2D eigenvalue weighted by molar-refractivity contribution is 6.28. The van der Waals surface area contributed by atoms with Gasteiger partial charge in [0.25, 0.3) is 0 Å². The molecule has 88 valence electrons. The number of aromatic nitrogens is 2. The lowest BCUT2D eigenvalue weighted by atomic mass is 10.1. The first-order valence-corrected chi connectivity index (χ1v) is 5.60. The van der Waals surface area contributed by atoms with Crippen molar-refractivity contribution >= 4 is 23.1 Å². The SMILES string of the molecule is Cc1ccc(CNc2nc(Cl)ncc2N)cc1. The zero-order valence-electron chi connectivity index (χ0n) is 9.44. The van der Waals surface area contributed by atoms with Crippen LogP contribution in [0.1, 0.15) is 11.1 Å². The summed E-state index contributed by atoms with van der Waals surface area (Å²) in [6.07, 6.45) is 1.49. The average Bonchev–Trinajstić information content (AvgIpc) is 2.32. The van der Waals surface area contributed by atoms with Gasteiger partial charge in [0.15, 0.2) is 5.82 Å². The van der Waals surface area contributed by atoms with Crippen LogP contribution in [-0.4, -0.2) is 9.97 Å². The minimum absolute atomic E-state index is 0.186. The van der Waals surface area contributed by atoms with Crippen molar-refractivity contribution in [2.24, 2.45) is 0 Å². The summed E-state index contributed by atoms with van der Waals surface area (Å²) in [5.41, 5.74) is 8.61. The molecule has 0 unspecified atom stereocenters. The van der Waals surface area contributed by atoms with Crippen LogP contribution >= 0.6 is 11.6 Å². The van der Waals surface area contributed by atoms with Gasteiger partial charge in [-0.2, -0.15) is 4.98 Å². The second kappa shape index (κ2) is 5.01. The third-order valence-electron chi connectivity index (χ3n) is 2.37. The summed E-state index contributed by atoms with van der Waals surface area (Å²) in [6, 6.07) is 8.24. The maximum absolute atomic E-state index is 5.73. The summed E-state index contributed by atoms with van der Waals surface area (Å²) < 4.78 is 0. The van der Waals surface area contributed by atoms with Gasteiger partial charge in [0.2, 0.25) is 5.28 Å². The van der Waals surface area contributed by atoms with E-state index in [0.29, 0.717) is 18.1 Å². The average molecular weight is 249 g/mol. The number of benzene rings is 1. The van der Waals surface area contributed by atoms with Crippen LogP contribution in [0.25, 0.3) is 0 Å². The highest BCUT2D eigenvalue weighted by Crippen LogP contribution is 2.16. The molecule has 0 amide bonds. The lowest BCUT2D eigenvalue weighted by molar-refractivity contribution is 1.08. The normalized spacial score (nSPS) is 10.2. The van der Waals surface area contributed by atoms with E-state index in [1.807, 2.05) is 0 Å². The van der Waals surface area contributed by atoms with E-state index in [9.17, 15) is 0 Å². The Bertz CT molecular complexity index is 510. The Hall–Kier alpha value is -1.81. The lowest BCUT2D eigenvalue weighted by Crippen LogP contribution is -2.05. The highest BCUT2D eigenvalue weighted by Gasteiger charge is 2.02. The minimum atomic E-state index is 0.186. The molecule has 0 bridgehead atoms. The number of hydrogen-bond acceptors (Lipinski definition) is 4. The van der Waals surface area contributed by atoms with Gasteiger partial charge >= 0.3 is 0 Å². The Kier molecular flexibility index (Phi) is 3.44. The smallest absolute Gasteiger partial charge is 0.224 e. The Labute approximate surface area is 105 Å². The van der Waals surface area contributed by atoms with Gasteiger partial charge in [-0.3, -0.25) is 0 Å². The third-order valence-corrected chi connectivity index (χ3v) is 2.55. The lowest BCUT2D eigenvalue weighted by Gasteiger charge is -2.08. The molecule has 2 aromatic rings. The number of aryl methyl sites for hydroxylation is 1. The van der Waals surface area contributed by atoms with Gasteiger partial charge in [-0.15, -0.1) is 0 Å². The summed E-state index contributed by atoms with van der Waals surface area (Å²) >= 11 is 5.70. The van der Waals surface area contributed by atoms with Gasteiger partial charge in [0.1, 0.15) is 0 Å². The van der Waals surface area contributed by atoms with Crippen LogP contribution in [0.4, 0.5) is 11.5 Å². The fourth-order valence-electron chi connectivity index (χ4n) is 1.40. The molecular weight excluding hydrogens is 236 g/mol. The summed E-state index contributed by atoms with van der Waals surface area (Å²) in [5.74, 6) is 0.561. The van der Waals surface area contributed by atoms with Crippen molar-refractivity contribution in [3.8, 4) is 0 Å². The number of anilines is 2. The molecular formula is C12H13ClN4. The van der Waals surface area contributed by atoms with E-state index in [1.54, 1.807) is 0 Å². The molecule has 0 spiro atoms. The predicted octanol–water partition coefficient (Wildman–Crippen LogP) is 2.63. The van der Waals surface area contributed by atoms with E-state index >= 15 is 0 Å². The summed E-state index contributed by atoms with van der Waals surface area (Å²) in [7, 11) is 0. The summed E-state index contributed by atoms with van der Waals surface area (Å²) in [5, 5.41) is 3.31. The third kappa shape index (κ3) is 3.07. The van der Waals surface area contributed by atoms with Gasteiger partial charge in [-0.05, 0) is 24.1 Å². The molecule has 1 aromatic heterocycles. The number of halogens is 1. The summed E-state index contributed by atoms with van der Waals surface area (Å²) in [4.78, 5) is 7.82. The van der Waals surface area contributed by atoms with Crippen molar-refractivity contribution in [3.63, 3.8) is 0 Å². The second-order valence-corrected chi connectivity index (χ2v) is 4.12. The minimum Gasteiger partial charge on any atom is -0.394 e. The van der Waals surface area contributed by atoms with Crippen LogP contribution in [0.5, 0.6) is 0 Å². The zero-order valence-corrected chi connectivity index (χ0v) is 10.2. The molecule has 1 aromatic carbocycles. The molecule has 0 atom stereocenters. The van der Waals surface area contributed by atoms with Crippen LogP contribution in [0.3, 0.4) is 0 Å². The number of rotatable bonds is 3. The van der Waals surface area contributed by atoms with Crippen LogP contribution in [0.15, 0.2) is 30.5 Å². The molecule has 0 aliphatic rings. The van der Waals surface area contributed by atoms with Crippen LogP contribution in [0, 0.1) is 6.92 Å². The molecule has 5 heteroatoms. The summed E-state index contributed by atoms with van der Waals surface area (Å²) in [6.45, 7) is 2.71.